The van der Waals surface area contributed by atoms with Gasteiger partial charge in [0.1, 0.15) is 11.4 Å². The van der Waals surface area contributed by atoms with E-state index in [1.54, 1.807) is 37.7 Å². The number of hydrogen-bond acceptors (Lipinski definition) is 4. The maximum absolute atomic E-state index is 12.3. The number of hydrazone groups is 1. The molecular weight excluding hydrogens is 400 g/mol. The van der Waals surface area contributed by atoms with Crippen LogP contribution in [0.3, 0.4) is 0 Å². The third-order valence-electron chi connectivity index (χ3n) is 5.36. The number of aryl methyl sites for hydroxylation is 1. The lowest BCUT2D eigenvalue weighted by Gasteiger charge is -2.04. The van der Waals surface area contributed by atoms with Gasteiger partial charge in [-0.1, -0.05) is 25.5 Å². The number of unbranched alkanes of at least 4 members (excludes halogenated alkanes) is 1. The van der Waals surface area contributed by atoms with E-state index in [0.717, 1.165) is 52.7 Å². The predicted molar refractivity (Wildman–Crippen MR) is 128 cm³/mol. The third kappa shape index (κ3) is 4.70. The fourth-order valence-corrected chi connectivity index (χ4v) is 3.63. The van der Waals surface area contributed by atoms with Crippen LogP contribution in [0.15, 0.2) is 72.0 Å². The molecule has 2 aromatic carbocycles. The number of carbonyl (C=O) groups excluding carboxylic acids is 1. The van der Waals surface area contributed by atoms with Crippen LogP contribution >= 0.6 is 0 Å². The molecule has 4 aromatic rings. The lowest BCUT2D eigenvalue weighted by molar-refractivity contribution is 0.0950. The second kappa shape index (κ2) is 9.92. The number of H-pyrrole nitrogens is 1. The summed E-state index contributed by atoms with van der Waals surface area (Å²) in [5, 5.41) is 5.31. The van der Waals surface area contributed by atoms with Gasteiger partial charge in [0.15, 0.2) is 0 Å². The monoisotopic (exact) mass is 426 g/mol. The SMILES string of the molecule is CCCCc1ccc2[nH]c(-c3ccc(OC)cc3)c(/C=N/NC(=O)c3ccccn3)c2c1. The van der Waals surface area contributed by atoms with E-state index in [-0.39, 0.29) is 5.91 Å². The van der Waals surface area contributed by atoms with E-state index in [2.05, 4.69) is 45.6 Å². The summed E-state index contributed by atoms with van der Waals surface area (Å²) in [5.74, 6) is 0.445. The van der Waals surface area contributed by atoms with Crippen LogP contribution in [0.1, 0.15) is 41.4 Å². The van der Waals surface area contributed by atoms with E-state index in [1.807, 2.05) is 24.3 Å². The molecule has 0 unspecified atom stereocenters. The minimum Gasteiger partial charge on any atom is -0.497 e. The molecule has 0 saturated heterocycles. The zero-order valence-electron chi connectivity index (χ0n) is 18.3. The first-order valence-electron chi connectivity index (χ1n) is 10.7. The van der Waals surface area contributed by atoms with Crippen molar-refractivity contribution in [2.45, 2.75) is 26.2 Å². The standard InChI is InChI=1S/C26H26N4O2/c1-3-4-7-18-9-14-23-21(16-18)22(17-28-30-26(31)24-8-5-6-15-27-24)25(29-23)19-10-12-20(32-2)13-11-19/h5-6,8-17,29H,3-4,7H2,1-2H3,(H,30,31)/b28-17+. The highest BCUT2D eigenvalue weighted by Gasteiger charge is 2.13. The highest BCUT2D eigenvalue weighted by atomic mass is 16.5. The van der Waals surface area contributed by atoms with E-state index in [1.165, 1.54) is 5.56 Å². The average molecular weight is 427 g/mol. The molecule has 6 nitrogen and oxygen atoms in total. The van der Waals surface area contributed by atoms with Gasteiger partial charge in [0, 0.05) is 22.7 Å². The van der Waals surface area contributed by atoms with Crippen LogP contribution < -0.4 is 10.2 Å². The number of ether oxygens (including phenoxy) is 1. The topological polar surface area (TPSA) is 79.4 Å². The van der Waals surface area contributed by atoms with Gasteiger partial charge in [-0.25, -0.2) is 5.43 Å². The van der Waals surface area contributed by atoms with E-state index in [0.29, 0.717) is 5.69 Å². The fourth-order valence-electron chi connectivity index (χ4n) is 3.63. The number of nitrogens with zero attached hydrogens (tertiary/aromatic N) is 2. The zero-order chi connectivity index (χ0) is 22.3. The highest BCUT2D eigenvalue weighted by Crippen LogP contribution is 2.31. The summed E-state index contributed by atoms with van der Waals surface area (Å²) in [7, 11) is 1.65. The van der Waals surface area contributed by atoms with E-state index in [9.17, 15) is 4.79 Å². The number of fused-ring (bicyclic) bond motifs is 1. The fraction of sp³-hybridized carbons (Fsp3) is 0.192. The van der Waals surface area contributed by atoms with E-state index >= 15 is 0 Å². The van der Waals surface area contributed by atoms with Gasteiger partial charge in [-0.05, 0) is 72.5 Å². The quantitative estimate of drug-likeness (QED) is 0.295. The Morgan fingerprint density at radius 2 is 2.00 bits per heavy atom. The molecular formula is C26H26N4O2. The molecule has 0 aliphatic rings. The zero-order valence-corrected chi connectivity index (χ0v) is 18.3. The Morgan fingerprint density at radius 3 is 2.72 bits per heavy atom. The first-order chi connectivity index (χ1) is 15.7. The van der Waals surface area contributed by atoms with Gasteiger partial charge in [-0.3, -0.25) is 9.78 Å². The van der Waals surface area contributed by atoms with Crippen molar-refractivity contribution in [1.29, 1.82) is 0 Å². The number of benzene rings is 2. The van der Waals surface area contributed by atoms with Crippen molar-refractivity contribution >= 4 is 23.0 Å². The molecule has 0 saturated carbocycles. The van der Waals surface area contributed by atoms with Crippen LogP contribution in [0.4, 0.5) is 0 Å². The van der Waals surface area contributed by atoms with Crippen molar-refractivity contribution < 1.29 is 9.53 Å². The Morgan fingerprint density at radius 1 is 1.16 bits per heavy atom. The first-order valence-corrected chi connectivity index (χ1v) is 10.7. The van der Waals surface area contributed by atoms with Crippen LogP contribution in [0, 0.1) is 0 Å². The second-order valence-electron chi connectivity index (χ2n) is 7.54. The molecule has 2 N–H and O–H groups in total. The van der Waals surface area contributed by atoms with Crippen LogP contribution in [-0.2, 0) is 6.42 Å². The Kier molecular flexibility index (Phi) is 6.60. The summed E-state index contributed by atoms with van der Waals surface area (Å²) in [6.07, 6.45) is 6.60. The van der Waals surface area contributed by atoms with Gasteiger partial charge in [-0.15, -0.1) is 0 Å². The minimum atomic E-state index is -0.351. The summed E-state index contributed by atoms with van der Waals surface area (Å²) in [4.78, 5) is 19.9. The molecule has 0 fully saturated rings. The van der Waals surface area contributed by atoms with Gasteiger partial charge in [-0.2, -0.15) is 5.10 Å². The highest BCUT2D eigenvalue weighted by molar-refractivity contribution is 6.06. The summed E-state index contributed by atoms with van der Waals surface area (Å²) in [6.45, 7) is 2.19. The Labute approximate surface area is 187 Å². The number of amides is 1. The second-order valence-corrected chi connectivity index (χ2v) is 7.54. The van der Waals surface area contributed by atoms with Crippen LogP contribution in [0.5, 0.6) is 5.75 Å². The first kappa shape index (κ1) is 21.3. The number of hydrogen-bond donors (Lipinski definition) is 2. The molecule has 0 spiro atoms. The maximum Gasteiger partial charge on any atom is 0.289 e. The molecule has 4 rings (SSSR count). The van der Waals surface area contributed by atoms with Crippen molar-refractivity contribution in [1.82, 2.24) is 15.4 Å². The molecule has 2 heterocycles. The van der Waals surface area contributed by atoms with Gasteiger partial charge < -0.3 is 9.72 Å². The van der Waals surface area contributed by atoms with E-state index < -0.39 is 0 Å². The lowest BCUT2D eigenvalue weighted by atomic mass is 10.0. The number of methoxy groups -OCH3 is 1. The van der Waals surface area contributed by atoms with Crippen LogP contribution in [-0.4, -0.2) is 29.2 Å². The molecule has 1 amide bonds. The molecule has 0 aliphatic heterocycles. The molecule has 0 radical (unpaired) electrons. The largest absolute Gasteiger partial charge is 0.497 e. The third-order valence-corrected chi connectivity index (χ3v) is 5.36. The molecule has 2 aromatic heterocycles. The van der Waals surface area contributed by atoms with Crippen molar-refractivity contribution in [3.05, 3.63) is 83.7 Å². The summed E-state index contributed by atoms with van der Waals surface area (Å²) >= 11 is 0. The molecule has 6 heteroatoms. The van der Waals surface area contributed by atoms with Crippen LogP contribution in [0.25, 0.3) is 22.2 Å². The van der Waals surface area contributed by atoms with Gasteiger partial charge in [0.25, 0.3) is 5.91 Å². The smallest absolute Gasteiger partial charge is 0.289 e. The maximum atomic E-state index is 12.3. The van der Waals surface area contributed by atoms with Gasteiger partial charge in [0.05, 0.1) is 19.0 Å². The van der Waals surface area contributed by atoms with Gasteiger partial charge in [0.2, 0.25) is 0 Å². The Bertz CT molecular complexity index is 1230. The number of nitrogens with one attached hydrogen (secondary N) is 2. The Hall–Kier alpha value is -3.93. The molecule has 0 aliphatic carbocycles. The average Bonchev–Trinajstić information content (AvgIpc) is 3.21. The van der Waals surface area contributed by atoms with Gasteiger partial charge >= 0.3 is 0 Å². The number of aromatic nitrogens is 2. The predicted octanol–water partition coefficient (Wildman–Crippen LogP) is 5.35. The minimum absolute atomic E-state index is 0.320. The van der Waals surface area contributed by atoms with Crippen molar-refractivity contribution in [3.63, 3.8) is 0 Å². The van der Waals surface area contributed by atoms with Crippen molar-refractivity contribution in [3.8, 4) is 17.0 Å². The number of rotatable bonds is 8. The lowest BCUT2D eigenvalue weighted by Crippen LogP contribution is -2.18. The number of aromatic amines is 1. The summed E-state index contributed by atoms with van der Waals surface area (Å²) in [6, 6.07) is 19.5. The normalized spacial score (nSPS) is 11.2. The Balaban J connectivity index is 1.71. The molecule has 0 bridgehead atoms. The van der Waals surface area contributed by atoms with Crippen molar-refractivity contribution in [2.75, 3.05) is 7.11 Å². The summed E-state index contributed by atoms with van der Waals surface area (Å²) < 4.78 is 5.29. The molecule has 32 heavy (non-hydrogen) atoms. The number of carbonyl (C=O) groups is 1. The summed E-state index contributed by atoms with van der Waals surface area (Å²) in [5.41, 5.74) is 8.07. The van der Waals surface area contributed by atoms with Crippen molar-refractivity contribution in [2.24, 2.45) is 5.10 Å². The molecule has 162 valence electrons. The number of pyridine rings is 1. The molecule has 0 atom stereocenters. The van der Waals surface area contributed by atoms with Crippen LogP contribution in [0.2, 0.25) is 0 Å². The van der Waals surface area contributed by atoms with E-state index in [4.69, 9.17) is 4.74 Å².